The van der Waals surface area contributed by atoms with Crippen molar-refractivity contribution in [2.45, 2.75) is 25.2 Å². The molecule has 3 aromatic rings. The number of rotatable bonds is 17. The van der Waals surface area contributed by atoms with Crippen molar-refractivity contribution >= 4 is 64.4 Å². The lowest BCUT2D eigenvalue weighted by Crippen LogP contribution is -2.53. The average Bonchev–Trinajstić information content (AvgIpc) is 3.78. The van der Waals surface area contributed by atoms with Crippen LogP contribution in [0.4, 0.5) is 0 Å². The summed E-state index contributed by atoms with van der Waals surface area (Å²) in [6.07, 6.45) is 3.35. The maximum Gasteiger partial charge on any atom is 0.475 e. The first-order valence-electron chi connectivity index (χ1n) is 22.2. The van der Waals surface area contributed by atoms with E-state index in [0.29, 0.717) is 133 Å². The van der Waals surface area contributed by atoms with E-state index in [2.05, 4.69) is 15.2 Å². The molecule has 0 radical (unpaired) electrons. The van der Waals surface area contributed by atoms with Gasteiger partial charge in [-0.1, -0.05) is 24.3 Å². The third kappa shape index (κ3) is 14.0. The van der Waals surface area contributed by atoms with Crippen molar-refractivity contribution in [2.75, 3.05) is 131 Å². The number of likely N-dealkylation sites (tertiary alicyclic amines) is 1. The minimum absolute atomic E-state index is 0.0682. The third-order valence-electron chi connectivity index (χ3n) is 12.3. The van der Waals surface area contributed by atoms with Crippen LogP contribution in [-0.4, -0.2) is 244 Å². The number of aromatic nitrogens is 1. The van der Waals surface area contributed by atoms with E-state index in [1.807, 2.05) is 34.1 Å². The van der Waals surface area contributed by atoms with Crippen LogP contribution in [0.25, 0.3) is 21.7 Å². The Hall–Kier alpha value is -5.49. The molecule has 2 aromatic carbocycles. The largest absolute Gasteiger partial charge is 0.493 e. The molecular formula is C43H60BN9O12. The van der Waals surface area contributed by atoms with Crippen molar-refractivity contribution in [3.05, 3.63) is 48.2 Å². The monoisotopic (exact) mass is 905 g/mol. The summed E-state index contributed by atoms with van der Waals surface area (Å²) in [5.41, 5.74) is 0.928. The second-order valence-electron chi connectivity index (χ2n) is 16.8. The highest BCUT2D eigenvalue weighted by molar-refractivity contribution is 6.43. The van der Waals surface area contributed by atoms with E-state index < -0.39 is 42.8 Å². The van der Waals surface area contributed by atoms with E-state index in [4.69, 9.17) is 4.74 Å². The summed E-state index contributed by atoms with van der Waals surface area (Å²) in [6, 6.07) is 11.0. The number of piperazine rings is 1. The number of carboxylic acids is 3. The Morgan fingerprint density at radius 2 is 1.20 bits per heavy atom. The van der Waals surface area contributed by atoms with Gasteiger partial charge in [-0.25, -0.2) is 0 Å². The first-order valence-corrected chi connectivity index (χ1v) is 22.2. The van der Waals surface area contributed by atoms with Crippen molar-refractivity contribution in [3.63, 3.8) is 0 Å². The summed E-state index contributed by atoms with van der Waals surface area (Å²) in [6.45, 7) is 5.50. The molecule has 1 aromatic heterocycles. The molecule has 6 rings (SSSR count). The van der Waals surface area contributed by atoms with Crippen molar-refractivity contribution in [3.8, 4) is 5.75 Å². The zero-order chi connectivity index (χ0) is 46.5. The molecule has 0 spiro atoms. The van der Waals surface area contributed by atoms with Crippen molar-refractivity contribution in [1.29, 1.82) is 0 Å². The van der Waals surface area contributed by atoms with E-state index in [1.165, 1.54) is 4.90 Å². The standard InChI is InChI=1S/C43H60BN9O12/c54-37(53-11-3-7-36(53)44(63)64)26-46-43(62)33-8-9-45-42-32-6-2-1-5-31(32)35(25-34(33)42)65-24-4-10-47-20-22-52(23-21-47)38(55)27-48-12-14-49(28-39(56)57)16-18-51(30-41(60)61)19-17-50(15-13-48)29-40(58)59/h1-2,5-6,8-9,25,36,63-64H,3-4,7,10-24,26-30H2,(H,46,62)(H,56,57)(H,58,59)(H,60,61). The number of benzene rings is 2. The number of carboxylic acid groups (broad SMARTS) is 3. The highest BCUT2D eigenvalue weighted by atomic mass is 16.5. The van der Waals surface area contributed by atoms with Crippen LogP contribution in [-0.2, 0) is 24.0 Å². The highest BCUT2D eigenvalue weighted by Gasteiger charge is 2.37. The molecule has 1 unspecified atom stereocenters. The molecular weight excluding hydrogens is 845 g/mol. The van der Waals surface area contributed by atoms with Crippen molar-refractivity contribution in [1.82, 2.24) is 44.6 Å². The summed E-state index contributed by atoms with van der Waals surface area (Å²) in [5.74, 6) is -4.10. The van der Waals surface area contributed by atoms with Crippen molar-refractivity contribution < 1.29 is 58.9 Å². The number of aliphatic carboxylic acids is 3. The minimum Gasteiger partial charge on any atom is -0.493 e. The normalized spacial score (nSPS) is 19.1. The Morgan fingerprint density at radius 1 is 0.662 bits per heavy atom. The molecule has 0 saturated carbocycles. The molecule has 0 bridgehead atoms. The van der Waals surface area contributed by atoms with Gasteiger partial charge in [0.05, 0.1) is 56.4 Å². The third-order valence-corrected chi connectivity index (χ3v) is 12.3. The molecule has 4 heterocycles. The summed E-state index contributed by atoms with van der Waals surface area (Å²) in [4.78, 5) is 92.0. The Bertz CT molecular complexity index is 2130. The van der Waals surface area contributed by atoms with Crippen LogP contribution in [0.2, 0.25) is 0 Å². The highest BCUT2D eigenvalue weighted by Crippen LogP contribution is 2.34. The Kier molecular flexibility index (Phi) is 17.8. The number of ether oxygens (including phenoxy) is 1. The number of nitrogens with one attached hydrogen (secondary N) is 1. The molecule has 3 aliphatic rings. The first kappa shape index (κ1) is 49.0. The molecule has 352 valence electrons. The molecule has 22 heteroatoms. The Labute approximate surface area is 377 Å². The number of pyridine rings is 1. The van der Waals surface area contributed by atoms with E-state index in [-0.39, 0.29) is 38.6 Å². The molecule has 21 nitrogen and oxygen atoms in total. The number of carbonyl (C=O) groups excluding carboxylic acids is 3. The second-order valence-corrected chi connectivity index (χ2v) is 16.8. The van der Waals surface area contributed by atoms with Gasteiger partial charge in [-0.15, -0.1) is 0 Å². The zero-order valence-corrected chi connectivity index (χ0v) is 36.6. The van der Waals surface area contributed by atoms with Crippen LogP contribution in [0.15, 0.2) is 42.6 Å². The van der Waals surface area contributed by atoms with Crippen LogP contribution in [0.3, 0.4) is 0 Å². The predicted octanol–water partition coefficient (Wildman–Crippen LogP) is -1.49. The van der Waals surface area contributed by atoms with Crippen molar-refractivity contribution in [2.24, 2.45) is 0 Å². The molecule has 1 atom stereocenters. The van der Waals surface area contributed by atoms with E-state index in [0.717, 1.165) is 17.3 Å². The van der Waals surface area contributed by atoms with Crippen LogP contribution in [0, 0.1) is 0 Å². The van der Waals surface area contributed by atoms with E-state index in [9.17, 15) is 54.1 Å². The summed E-state index contributed by atoms with van der Waals surface area (Å²) in [7, 11) is -1.65. The van der Waals surface area contributed by atoms with Gasteiger partial charge in [0.15, 0.2) is 0 Å². The van der Waals surface area contributed by atoms with Gasteiger partial charge in [-0.3, -0.25) is 58.3 Å². The van der Waals surface area contributed by atoms with Gasteiger partial charge in [0.1, 0.15) is 5.75 Å². The fourth-order valence-electron chi connectivity index (χ4n) is 8.80. The lowest BCUT2D eigenvalue weighted by atomic mass is 9.78. The number of hydrogen-bond donors (Lipinski definition) is 6. The van der Waals surface area contributed by atoms with Gasteiger partial charge in [0.25, 0.3) is 5.91 Å². The molecule has 3 aliphatic heterocycles. The lowest BCUT2D eigenvalue weighted by Gasteiger charge is -2.37. The quantitative estimate of drug-likeness (QED) is 0.0512. The van der Waals surface area contributed by atoms with Gasteiger partial charge in [-0.05, 0) is 31.4 Å². The van der Waals surface area contributed by atoms with Crippen LogP contribution in [0.5, 0.6) is 5.75 Å². The predicted molar refractivity (Wildman–Crippen MR) is 238 cm³/mol. The van der Waals surface area contributed by atoms with Gasteiger partial charge in [-0.2, -0.15) is 0 Å². The fraction of sp³-hybridized carbons (Fsp3) is 0.558. The number of amides is 3. The van der Waals surface area contributed by atoms with Crippen LogP contribution < -0.4 is 10.1 Å². The molecule has 3 amide bonds. The van der Waals surface area contributed by atoms with Gasteiger partial charge < -0.3 is 45.2 Å². The summed E-state index contributed by atoms with van der Waals surface area (Å²) in [5, 5.41) is 52.7. The smallest absolute Gasteiger partial charge is 0.475 e. The lowest BCUT2D eigenvalue weighted by molar-refractivity contribution is -0.141. The molecule has 3 fully saturated rings. The second kappa shape index (κ2) is 23.6. The summed E-state index contributed by atoms with van der Waals surface area (Å²) < 4.78 is 6.36. The number of fused-ring (bicyclic) bond motifs is 3. The number of carbonyl (C=O) groups is 6. The Balaban J connectivity index is 1.01. The molecule has 65 heavy (non-hydrogen) atoms. The first-order chi connectivity index (χ1) is 31.2. The van der Waals surface area contributed by atoms with Gasteiger partial charge in [0.2, 0.25) is 11.8 Å². The fourth-order valence-corrected chi connectivity index (χ4v) is 8.80. The van der Waals surface area contributed by atoms with Gasteiger partial charge in [0, 0.05) is 114 Å². The number of nitrogens with zero attached hydrogens (tertiary/aromatic N) is 8. The van der Waals surface area contributed by atoms with Gasteiger partial charge >= 0.3 is 25.0 Å². The maximum absolute atomic E-state index is 13.7. The number of hydrogen-bond acceptors (Lipinski definition) is 15. The van der Waals surface area contributed by atoms with E-state index >= 15 is 0 Å². The average molecular weight is 906 g/mol. The van der Waals surface area contributed by atoms with Crippen LogP contribution in [0.1, 0.15) is 29.6 Å². The topological polar surface area (TPSA) is 260 Å². The maximum atomic E-state index is 13.7. The minimum atomic E-state index is -1.65. The molecule has 6 N–H and O–H groups in total. The Morgan fingerprint density at radius 3 is 1.75 bits per heavy atom. The summed E-state index contributed by atoms with van der Waals surface area (Å²) >= 11 is 0. The van der Waals surface area contributed by atoms with Crippen LogP contribution >= 0.6 is 0 Å². The zero-order valence-electron chi connectivity index (χ0n) is 36.6. The molecule has 3 saturated heterocycles. The van der Waals surface area contributed by atoms with E-state index in [1.54, 1.807) is 33.0 Å². The molecule has 0 aliphatic carbocycles. The SMILES string of the molecule is O=C(O)CN1CCN(CC(=O)O)CCN(CC(=O)N2CCN(CCCOc3cc4c(C(=O)NCC(=O)N5CCCC5B(O)O)ccnc4c4ccccc34)CC2)CCN(CC(=O)O)CC1.